The molecule has 1 aliphatic rings. The molecule has 2 rings (SSSR count). The second-order valence-corrected chi connectivity index (χ2v) is 3.69. The zero-order chi connectivity index (χ0) is 8.55. The third-order valence-corrected chi connectivity index (χ3v) is 2.72. The first kappa shape index (κ1) is 7.72. The van der Waals surface area contributed by atoms with Crippen LogP contribution in [0, 0.1) is 13.0 Å². The third-order valence-electron chi connectivity index (χ3n) is 2.03. The zero-order valence-electron chi connectivity index (χ0n) is 6.76. The van der Waals surface area contributed by atoms with Crippen molar-refractivity contribution in [2.75, 3.05) is 0 Å². The van der Waals surface area contributed by atoms with Crippen molar-refractivity contribution in [3.8, 4) is 0 Å². The summed E-state index contributed by atoms with van der Waals surface area (Å²) in [7, 11) is 0. The van der Waals surface area contributed by atoms with Crippen LogP contribution >= 0.6 is 15.9 Å². The van der Waals surface area contributed by atoms with Gasteiger partial charge in [0.2, 0.25) is 0 Å². The summed E-state index contributed by atoms with van der Waals surface area (Å²) in [6, 6.07) is 4.19. The van der Waals surface area contributed by atoms with Crippen LogP contribution in [0.3, 0.4) is 0 Å². The summed E-state index contributed by atoms with van der Waals surface area (Å²) < 4.78 is 1.14. The molecule has 0 saturated carbocycles. The van der Waals surface area contributed by atoms with E-state index in [1.54, 1.807) is 0 Å². The predicted octanol–water partition coefficient (Wildman–Crippen LogP) is 3.60. The number of hydrogen-bond acceptors (Lipinski definition) is 0. The number of allylic oxidation sites excluding steroid dienone is 2. The number of aryl methyl sites for hydroxylation is 1. The topological polar surface area (TPSA) is 0 Å². The van der Waals surface area contributed by atoms with E-state index in [0.29, 0.717) is 0 Å². The average Bonchev–Trinajstić information content (AvgIpc) is 2.12. The first-order valence-electron chi connectivity index (χ1n) is 3.84. The minimum absolute atomic E-state index is 1.14. The van der Waals surface area contributed by atoms with E-state index < -0.39 is 0 Å². The molecule has 0 aromatic heterocycles. The number of hydrogen-bond donors (Lipinski definition) is 0. The van der Waals surface area contributed by atoms with Crippen LogP contribution in [0.15, 0.2) is 22.7 Å². The Labute approximate surface area is 80.7 Å². The van der Waals surface area contributed by atoms with Gasteiger partial charge in [-0.05, 0) is 34.5 Å². The fourth-order valence-corrected chi connectivity index (χ4v) is 1.81. The van der Waals surface area contributed by atoms with Crippen LogP contribution in [0.25, 0.3) is 12.2 Å². The lowest BCUT2D eigenvalue weighted by Gasteiger charge is -2.01. The fourth-order valence-electron chi connectivity index (χ4n) is 1.35. The molecule has 0 amide bonds. The van der Waals surface area contributed by atoms with Gasteiger partial charge in [0, 0.05) is 6.08 Å². The van der Waals surface area contributed by atoms with Crippen molar-refractivity contribution in [3.05, 3.63) is 45.4 Å². The molecule has 0 radical (unpaired) electrons. The van der Waals surface area contributed by atoms with Gasteiger partial charge in [-0.25, -0.2) is 0 Å². The minimum atomic E-state index is 1.14. The Morgan fingerprint density at radius 3 is 2.83 bits per heavy atom. The van der Waals surface area contributed by atoms with Gasteiger partial charge in [-0.2, -0.15) is 0 Å². The highest BCUT2D eigenvalue weighted by atomic mass is 79.9. The number of benzene rings is 1. The normalized spacial score (nSPS) is 12.5. The summed E-state index contributed by atoms with van der Waals surface area (Å²) in [6.07, 6.45) is 9.12. The Morgan fingerprint density at radius 2 is 2.08 bits per heavy atom. The Balaban J connectivity index is 2.75. The lowest BCUT2D eigenvalue weighted by Crippen LogP contribution is -1.90. The van der Waals surface area contributed by atoms with Gasteiger partial charge in [-0.15, -0.1) is 0 Å². The lowest BCUT2D eigenvalue weighted by molar-refractivity contribution is 1.40. The third kappa shape index (κ3) is 1.12. The molecule has 1 aromatic rings. The van der Waals surface area contributed by atoms with E-state index >= 15 is 0 Å². The molecule has 0 fully saturated rings. The van der Waals surface area contributed by atoms with E-state index in [1.165, 1.54) is 16.7 Å². The van der Waals surface area contributed by atoms with Crippen LogP contribution in [-0.2, 0) is 0 Å². The SMILES string of the molecule is Cc1ccc(Br)c2c1C=C[C+]=C2. The van der Waals surface area contributed by atoms with Gasteiger partial charge >= 0.3 is 0 Å². The van der Waals surface area contributed by atoms with Gasteiger partial charge in [0.15, 0.2) is 0 Å². The van der Waals surface area contributed by atoms with Crippen LogP contribution < -0.4 is 0 Å². The van der Waals surface area contributed by atoms with E-state index in [2.05, 4.69) is 47.1 Å². The molecular formula is C11H8Br+. The molecule has 1 heteroatoms. The Bertz CT molecular complexity index is 336. The van der Waals surface area contributed by atoms with Crippen molar-refractivity contribution in [2.45, 2.75) is 6.92 Å². The maximum absolute atomic E-state index is 3.51. The van der Waals surface area contributed by atoms with Gasteiger partial charge in [0.05, 0.1) is 16.1 Å². The smallest absolute Gasteiger partial charge is 0.0540 e. The maximum atomic E-state index is 3.51. The monoisotopic (exact) mass is 219 g/mol. The van der Waals surface area contributed by atoms with Crippen molar-refractivity contribution in [1.82, 2.24) is 0 Å². The Kier molecular flexibility index (Phi) is 1.84. The average molecular weight is 220 g/mol. The largest absolute Gasteiger partial charge is 0.112 e. The summed E-state index contributed by atoms with van der Waals surface area (Å²) in [4.78, 5) is 0. The lowest BCUT2D eigenvalue weighted by atomic mass is 9.98. The summed E-state index contributed by atoms with van der Waals surface area (Å²) in [6.45, 7) is 2.12. The van der Waals surface area contributed by atoms with Crippen molar-refractivity contribution < 1.29 is 0 Å². The van der Waals surface area contributed by atoms with Gasteiger partial charge in [-0.1, -0.05) is 6.07 Å². The summed E-state index contributed by atoms with van der Waals surface area (Å²) in [5.74, 6) is 0. The van der Waals surface area contributed by atoms with Crippen molar-refractivity contribution in [3.63, 3.8) is 0 Å². The van der Waals surface area contributed by atoms with E-state index in [-0.39, 0.29) is 0 Å². The second-order valence-electron chi connectivity index (χ2n) is 2.84. The van der Waals surface area contributed by atoms with E-state index in [4.69, 9.17) is 0 Å². The Hall–Kier alpha value is -0.910. The molecule has 0 N–H and O–H groups in total. The zero-order valence-corrected chi connectivity index (χ0v) is 8.35. The molecule has 1 aromatic carbocycles. The highest BCUT2D eigenvalue weighted by molar-refractivity contribution is 9.10. The molecular weight excluding hydrogens is 212 g/mol. The molecule has 0 bridgehead atoms. The molecule has 0 unspecified atom stereocenters. The van der Waals surface area contributed by atoms with Crippen LogP contribution in [-0.4, -0.2) is 0 Å². The molecule has 0 heterocycles. The molecule has 0 aliphatic heterocycles. The second kappa shape index (κ2) is 2.85. The van der Waals surface area contributed by atoms with E-state index in [0.717, 1.165) is 4.47 Å². The first-order valence-corrected chi connectivity index (χ1v) is 4.63. The van der Waals surface area contributed by atoms with Crippen LogP contribution in [0.5, 0.6) is 0 Å². The van der Waals surface area contributed by atoms with Gasteiger partial charge in [0.1, 0.15) is 17.7 Å². The summed E-state index contributed by atoms with van der Waals surface area (Å²) in [5.41, 5.74) is 3.84. The molecule has 0 spiro atoms. The first-order chi connectivity index (χ1) is 5.79. The fraction of sp³-hybridized carbons (Fsp3) is 0.0909. The maximum Gasteiger partial charge on any atom is 0.112 e. The molecule has 0 nitrogen and oxygen atoms in total. The highest BCUT2D eigenvalue weighted by Crippen LogP contribution is 2.28. The van der Waals surface area contributed by atoms with Crippen LogP contribution in [0.2, 0.25) is 0 Å². The summed E-state index contributed by atoms with van der Waals surface area (Å²) in [5, 5.41) is 0. The van der Waals surface area contributed by atoms with Gasteiger partial charge < -0.3 is 0 Å². The number of halogens is 1. The van der Waals surface area contributed by atoms with Crippen molar-refractivity contribution in [2.24, 2.45) is 0 Å². The summed E-state index contributed by atoms with van der Waals surface area (Å²) >= 11 is 3.51. The van der Waals surface area contributed by atoms with Crippen molar-refractivity contribution >= 4 is 28.1 Å². The number of fused-ring (bicyclic) bond motifs is 1. The molecule has 12 heavy (non-hydrogen) atoms. The minimum Gasteiger partial charge on any atom is -0.0540 e. The molecule has 0 saturated heterocycles. The van der Waals surface area contributed by atoms with Crippen LogP contribution in [0.4, 0.5) is 0 Å². The molecule has 58 valence electrons. The Morgan fingerprint density at radius 1 is 1.25 bits per heavy atom. The standard InChI is InChI=1S/C11H8Br/c1-8-6-7-11(12)10-5-3-2-4-9(8)10/h2,4-7H,1H3/q+1. The van der Waals surface area contributed by atoms with E-state index in [9.17, 15) is 0 Å². The van der Waals surface area contributed by atoms with Crippen LogP contribution in [0.1, 0.15) is 16.7 Å². The molecule has 1 aliphatic carbocycles. The highest BCUT2D eigenvalue weighted by Gasteiger charge is 2.14. The quantitative estimate of drug-likeness (QED) is 0.586. The van der Waals surface area contributed by atoms with Crippen molar-refractivity contribution in [1.29, 1.82) is 0 Å². The van der Waals surface area contributed by atoms with Gasteiger partial charge in [-0.3, -0.25) is 0 Å². The number of rotatable bonds is 0. The molecule has 0 atom stereocenters. The predicted molar refractivity (Wildman–Crippen MR) is 55.6 cm³/mol. The van der Waals surface area contributed by atoms with Gasteiger partial charge in [0.25, 0.3) is 0 Å². The van der Waals surface area contributed by atoms with E-state index in [1.807, 2.05) is 12.2 Å².